The van der Waals surface area contributed by atoms with Gasteiger partial charge in [-0.15, -0.1) is 0 Å². The monoisotopic (exact) mass is 263 g/mol. The largest absolute Gasteiger partial charge is 0.478 e. The third-order valence-corrected chi connectivity index (χ3v) is 2.46. The van der Waals surface area contributed by atoms with Crippen molar-refractivity contribution in [1.29, 1.82) is 0 Å². The van der Waals surface area contributed by atoms with E-state index in [1.807, 2.05) is 0 Å². The number of nitrogens with zero attached hydrogens (tertiary/aromatic N) is 1. The van der Waals surface area contributed by atoms with Gasteiger partial charge in [0.05, 0.1) is 5.56 Å². The summed E-state index contributed by atoms with van der Waals surface area (Å²) in [4.78, 5) is 15.0. The van der Waals surface area contributed by atoms with Crippen LogP contribution in [0.5, 0.6) is 11.6 Å². The van der Waals surface area contributed by atoms with Crippen LogP contribution < -0.4 is 4.74 Å². The molecule has 0 saturated carbocycles. The second kappa shape index (κ2) is 5.06. The van der Waals surface area contributed by atoms with E-state index in [2.05, 4.69) is 4.98 Å². The molecular weight excluding hydrogens is 254 g/mol. The predicted molar refractivity (Wildman–Crippen MR) is 67.5 cm³/mol. The van der Waals surface area contributed by atoms with Crippen LogP contribution in [0.4, 0.5) is 0 Å². The Hall–Kier alpha value is -2.07. The Morgan fingerprint density at radius 2 is 1.94 bits per heavy atom. The van der Waals surface area contributed by atoms with Crippen LogP contribution >= 0.6 is 11.6 Å². The van der Waals surface area contributed by atoms with Crippen LogP contribution in [0.25, 0.3) is 0 Å². The minimum atomic E-state index is -1.01. The number of hydrogen-bond acceptors (Lipinski definition) is 3. The van der Waals surface area contributed by atoms with E-state index in [1.165, 1.54) is 12.1 Å². The van der Waals surface area contributed by atoms with Crippen LogP contribution in [0.15, 0.2) is 36.4 Å². The number of pyridine rings is 1. The van der Waals surface area contributed by atoms with Gasteiger partial charge in [-0.2, -0.15) is 0 Å². The van der Waals surface area contributed by atoms with Gasteiger partial charge in [0.25, 0.3) is 0 Å². The molecule has 1 N–H and O–H groups in total. The van der Waals surface area contributed by atoms with Gasteiger partial charge in [0.1, 0.15) is 5.75 Å². The molecule has 0 saturated heterocycles. The zero-order chi connectivity index (χ0) is 13.1. The van der Waals surface area contributed by atoms with Gasteiger partial charge in [-0.1, -0.05) is 11.6 Å². The molecule has 0 unspecified atom stereocenters. The maximum Gasteiger partial charge on any atom is 0.335 e. The van der Waals surface area contributed by atoms with Crippen LogP contribution in [0.1, 0.15) is 16.1 Å². The summed E-state index contributed by atoms with van der Waals surface area (Å²) in [6.45, 7) is 1.71. The number of aromatic carboxylic acids is 1. The molecule has 0 aliphatic rings. The Balaban J connectivity index is 2.28. The summed E-state index contributed by atoms with van der Waals surface area (Å²) in [5.41, 5.74) is 0.727. The van der Waals surface area contributed by atoms with E-state index in [4.69, 9.17) is 21.4 Å². The number of carbonyl (C=O) groups is 1. The van der Waals surface area contributed by atoms with E-state index in [9.17, 15) is 4.79 Å². The quantitative estimate of drug-likeness (QED) is 0.920. The SMILES string of the molecule is Cc1cc(C(=O)O)cc(Oc2ccc(Cl)cc2)n1. The summed E-state index contributed by atoms with van der Waals surface area (Å²) in [5, 5.41) is 9.54. The second-order valence-electron chi connectivity index (χ2n) is 3.70. The van der Waals surface area contributed by atoms with Gasteiger partial charge in [0.2, 0.25) is 5.88 Å². The molecule has 0 spiro atoms. The average molecular weight is 264 g/mol. The number of carboxylic acid groups (broad SMARTS) is 1. The Bertz CT molecular complexity index is 581. The van der Waals surface area contributed by atoms with E-state index in [1.54, 1.807) is 31.2 Å². The first kappa shape index (κ1) is 12.4. The van der Waals surface area contributed by atoms with Crippen LogP contribution in [0, 0.1) is 6.92 Å². The number of ether oxygens (including phenoxy) is 1. The van der Waals surface area contributed by atoms with Crippen molar-refractivity contribution in [1.82, 2.24) is 4.98 Å². The minimum Gasteiger partial charge on any atom is -0.478 e. The molecule has 0 aliphatic heterocycles. The van der Waals surface area contributed by atoms with Crippen molar-refractivity contribution in [2.24, 2.45) is 0 Å². The van der Waals surface area contributed by atoms with Crippen LogP contribution in [-0.4, -0.2) is 16.1 Å². The fourth-order valence-corrected chi connectivity index (χ4v) is 1.56. The summed E-state index contributed by atoms with van der Waals surface area (Å²) >= 11 is 5.76. The van der Waals surface area contributed by atoms with E-state index in [0.717, 1.165) is 0 Å². The lowest BCUT2D eigenvalue weighted by Crippen LogP contribution is -1.99. The van der Waals surface area contributed by atoms with Crippen molar-refractivity contribution in [2.45, 2.75) is 6.92 Å². The van der Waals surface area contributed by atoms with E-state index < -0.39 is 5.97 Å². The van der Waals surface area contributed by atoms with Crippen molar-refractivity contribution in [3.8, 4) is 11.6 Å². The summed E-state index contributed by atoms with van der Waals surface area (Å²) in [5.74, 6) is -0.218. The number of aromatic nitrogens is 1. The zero-order valence-electron chi connectivity index (χ0n) is 9.55. The smallest absolute Gasteiger partial charge is 0.335 e. The van der Waals surface area contributed by atoms with Gasteiger partial charge in [-0.3, -0.25) is 0 Å². The summed E-state index contributed by atoms with van der Waals surface area (Å²) in [6, 6.07) is 9.61. The lowest BCUT2D eigenvalue weighted by atomic mass is 10.2. The highest BCUT2D eigenvalue weighted by molar-refractivity contribution is 6.30. The van der Waals surface area contributed by atoms with Crippen molar-refractivity contribution in [2.75, 3.05) is 0 Å². The summed E-state index contributed by atoms with van der Waals surface area (Å²) < 4.78 is 5.47. The Morgan fingerprint density at radius 3 is 2.56 bits per heavy atom. The fraction of sp³-hybridized carbons (Fsp3) is 0.0769. The van der Waals surface area contributed by atoms with E-state index in [-0.39, 0.29) is 11.4 Å². The molecule has 1 heterocycles. The lowest BCUT2D eigenvalue weighted by molar-refractivity contribution is 0.0696. The molecule has 1 aromatic heterocycles. The van der Waals surface area contributed by atoms with Gasteiger partial charge < -0.3 is 9.84 Å². The molecule has 1 aromatic carbocycles. The van der Waals surface area contributed by atoms with Crippen molar-refractivity contribution >= 4 is 17.6 Å². The fourth-order valence-electron chi connectivity index (χ4n) is 1.44. The number of rotatable bonds is 3. The average Bonchev–Trinajstić information content (AvgIpc) is 2.31. The van der Waals surface area contributed by atoms with Gasteiger partial charge >= 0.3 is 5.97 Å². The summed E-state index contributed by atoms with van der Waals surface area (Å²) in [7, 11) is 0. The van der Waals surface area contributed by atoms with Gasteiger partial charge in [0.15, 0.2) is 0 Å². The highest BCUT2D eigenvalue weighted by Gasteiger charge is 2.08. The summed E-state index contributed by atoms with van der Waals surface area (Å²) in [6.07, 6.45) is 0. The number of hydrogen-bond donors (Lipinski definition) is 1. The molecule has 4 nitrogen and oxygen atoms in total. The van der Waals surface area contributed by atoms with Crippen molar-refractivity contribution in [3.63, 3.8) is 0 Å². The first-order valence-corrected chi connectivity index (χ1v) is 5.58. The first-order valence-electron chi connectivity index (χ1n) is 5.20. The minimum absolute atomic E-state index is 0.145. The molecule has 0 aliphatic carbocycles. The van der Waals surface area contributed by atoms with Gasteiger partial charge in [0, 0.05) is 16.8 Å². The number of benzene rings is 1. The topological polar surface area (TPSA) is 59.4 Å². The van der Waals surface area contributed by atoms with Crippen LogP contribution in [0.2, 0.25) is 5.02 Å². The Kier molecular flexibility index (Phi) is 3.48. The third kappa shape index (κ3) is 2.99. The Morgan fingerprint density at radius 1 is 1.28 bits per heavy atom. The molecule has 0 fully saturated rings. The second-order valence-corrected chi connectivity index (χ2v) is 4.13. The van der Waals surface area contributed by atoms with E-state index in [0.29, 0.717) is 16.5 Å². The molecule has 18 heavy (non-hydrogen) atoms. The number of aryl methyl sites for hydroxylation is 1. The molecule has 0 bridgehead atoms. The van der Waals surface area contributed by atoms with Gasteiger partial charge in [-0.25, -0.2) is 9.78 Å². The molecule has 92 valence electrons. The van der Waals surface area contributed by atoms with E-state index >= 15 is 0 Å². The predicted octanol–water partition coefficient (Wildman–Crippen LogP) is 3.53. The highest BCUT2D eigenvalue weighted by Crippen LogP contribution is 2.22. The molecule has 0 atom stereocenters. The van der Waals surface area contributed by atoms with Crippen molar-refractivity contribution in [3.05, 3.63) is 52.7 Å². The molecule has 0 amide bonds. The highest BCUT2D eigenvalue weighted by atomic mass is 35.5. The first-order chi connectivity index (χ1) is 8.54. The van der Waals surface area contributed by atoms with Crippen LogP contribution in [-0.2, 0) is 0 Å². The van der Waals surface area contributed by atoms with Crippen LogP contribution in [0.3, 0.4) is 0 Å². The maximum atomic E-state index is 10.9. The molecule has 2 aromatic rings. The molecular formula is C13H10ClNO3. The normalized spacial score (nSPS) is 10.1. The number of halogens is 1. The Labute approximate surface area is 109 Å². The van der Waals surface area contributed by atoms with Crippen molar-refractivity contribution < 1.29 is 14.6 Å². The molecule has 5 heteroatoms. The third-order valence-electron chi connectivity index (χ3n) is 2.21. The lowest BCUT2D eigenvalue weighted by Gasteiger charge is -2.06. The standard InChI is InChI=1S/C13H10ClNO3/c1-8-6-9(13(16)17)7-12(15-8)18-11-4-2-10(14)3-5-11/h2-7H,1H3,(H,16,17). The molecule has 0 radical (unpaired) electrons. The zero-order valence-corrected chi connectivity index (χ0v) is 10.3. The van der Waals surface area contributed by atoms with Gasteiger partial charge in [-0.05, 0) is 37.3 Å². The maximum absolute atomic E-state index is 10.9. The molecule has 2 rings (SSSR count). The number of carboxylic acids is 1.